The lowest BCUT2D eigenvalue weighted by molar-refractivity contribution is 0.414. The van der Waals surface area contributed by atoms with E-state index in [-0.39, 0.29) is 5.54 Å². The third kappa shape index (κ3) is 3.70. The minimum absolute atomic E-state index is 0.0219. The van der Waals surface area contributed by atoms with E-state index >= 15 is 0 Å². The predicted octanol–water partition coefficient (Wildman–Crippen LogP) is 5.14. The zero-order chi connectivity index (χ0) is 19.8. The van der Waals surface area contributed by atoms with Crippen LogP contribution in [0.15, 0.2) is 47.5 Å². The van der Waals surface area contributed by atoms with Crippen molar-refractivity contribution in [3.05, 3.63) is 53.6 Å². The quantitative estimate of drug-likeness (QED) is 0.704. The summed E-state index contributed by atoms with van der Waals surface area (Å²) in [7, 11) is 7.90. The fourth-order valence-corrected chi connectivity index (χ4v) is 3.45. The number of fused-ring (bicyclic) bond motifs is 1. The zero-order valence-electron chi connectivity index (χ0n) is 17.4. The second-order valence-corrected chi connectivity index (χ2v) is 7.82. The van der Waals surface area contributed by atoms with E-state index in [0.29, 0.717) is 0 Å². The molecule has 0 unspecified atom stereocenters. The molecule has 0 N–H and O–H groups in total. The fraction of sp³-hybridized carbons (Fsp3) is 0.348. The highest BCUT2D eigenvalue weighted by molar-refractivity contribution is 5.91. The number of hydrogen-bond donors (Lipinski definition) is 0. The van der Waals surface area contributed by atoms with Crippen molar-refractivity contribution in [3.8, 4) is 5.75 Å². The van der Waals surface area contributed by atoms with Gasteiger partial charge >= 0.3 is 0 Å². The molecule has 4 nitrogen and oxygen atoms in total. The molecule has 0 atom stereocenters. The van der Waals surface area contributed by atoms with Gasteiger partial charge in [0.05, 0.1) is 18.3 Å². The number of hydrogen-bond acceptors (Lipinski definition) is 4. The van der Waals surface area contributed by atoms with Gasteiger partial charge in [-0.25, -0.2) is 0 Å². The molecule has 2 aromatic rings. The molecule has 4 heteroatoms. The van der Waals surface area contributed by atoms with Gasteiger partial charge in [-0.05, 0) is 56.7 Å². The maximum atomic E-state index is 5.66. The molecule has 1 heterocycles. The molecule has 1 aliphatic heterocycles. The molecule has 0 saturated carbocycles. The smallest absolute Gasteiger partial charge is 0.129 e. The average molecular weight is 364 g/mol. The van der Waals surface area contributed by atoms with Crippen LogP contribution < -0.4 is 14.5 Å². The minimum atomic E-state index is -0.0219. The Labute approximate surface area is 162 Å². The van der Waals surface area contributed by atoms with Gasteiger partial charge in [-0.2, -0.15) is 0 Å². The molecule has 0 spiro atoms. The molecule has 0 radical (unpaired) electrons. The van der Waals surface area contributed by atoms with Crippen molar-refractivity contribution in [3.63, 3.8) is 0 Å². The zero-order valence-corrected chi connectivity index (χ0v) is 17.4. The molecule has 27 heavy (non-hydrogen) atoms. The molecule has 0 amide bonds. The van der Waals surface area contributed by atoms with Crippen molar-refractivity contribution in [2.24, 2.45) is 4.99 Å². The van der Waals surface area contributed by atoms with Gasteiger partial charge in [0, 0.05) is 55.9 Å². The Hall–Kier alpha value is -2.75. The Morgan fingerprint density at radius 3 is 2.37 bits per heavy atom. The second kappa shape index (κ2) is 7.10. The van der Waals surface area contributed by atoms with E-state index in [1.165, 1.54) is 16.8 Å². The van der Waals surface area contributed by atoms with Crippen molar-refractivity contribution in [1.82, 2.24) is 0 Å². The number of allylic oxidation sites excluding steroid dienone is 1. The number of benzene rings is 2. The van der Waals surface area contributed by atoms with Crippen molar-refractivity contribution < 1.29 is 4.74 Å². The first-order valence-corrected chi connectivity index (χ1v) is 9.20. The van der Waals surface area contributed by atoms with Crippen LogP contribution in [-0.2, 0) is 0 Å². The summed E-state index contributed by atoms with van der Waals surface area (Å²) in [5.74, 6) is 0.833. The molecular formula is C23H29N3O. The Morgan fingerprint density at radius 2 is 1.78 bits per heavy atom. The van der Waals surface area contributed by atoms with Crippen molar-refractivity contribution in [1.29, 1.82) is 0 Å². The molecule has 1 aliphatic rings. The number of anilines is 2. The largest absolute Gasteiger partial charge is 0.496 e. The summed E-state index contributed by atoms with van der Waals surface area (Å²) in [6, 6.07) is 12.5. The third-order valence-corrected chi connectivity index (χ3v) is 5.29. The molecule has 0 aliphatic carbocycles. The van der Waals surface area contributed by atoms with Gasteiger partial charge in [0.2, 0.25) is 0 Å². The Balaban J connectivity index is 1.98. The number of likely N-dealkylation sites (N-methyl/N-ethyl adjacent to an activating group) is 1. The lowest BCUT2D eigenvalue weighted by atomic mass is 9.88. The van der Waals surface area contributed by atoms with Crippen LogP contribution in [0.1, 0.15) is 31.9 Å². The van der Waals surface area contributed by atoms with Crippen LogP contribution >= 0.6 is 0 Å². The molecule has 0 bridgehead atoms. The van der Waals surface area contributed by atoms with Gasteiger partial charge in [0.25, 0.3) is 0 Å². The lowest BCUT2D eigenvalue weighted by Crippen LogP contribution is -2.42. The summed E-state index contributed by atoms with van der Waals surface area (Å²) < 4.78 is 5.66. The first kappa shape index (κ1) is 19.0. The van der Waals surface area contributed by atoms with Crippen molar-refractivity contribution >= 4 is 28.8 Å². The molecule has 0 saturated heterocycles. The normalized spacial score (nSPS) is 15.5. The monoisotopic (exact) mass is 363 g/mol. The van der Waals surface area contributed by atoms with Crippen molar-refractivity contribution in [2.45, 2.75) is 26.3 Å². The van der Waals surface area contributed by atoms with Crippen LogP contribution in [-0.4, -0.2) is 40.0 Å². The highest BCUT2D eigenvalue weighted by Crippen LogP contribution is 2.41. The SMILES string of the molecule is COc1cc2c(cc1C=Nc1ccc(N(C)C)cc1)C(C)=CC(C)(C)N2C. The van der Waals surface area contributed by atoms with E-state index in [1.807, 2.05) is 32.4 Å². The first-order valence-electron chi connectivity index (χ1n) is 9.20. The van der Waals surface area contributed by atoms with Gasteiger partial charge in [-0.1, -0.05) is 6.08 Å². The number of aliphatic imine (C=N–C) groups is 1. The summed E-state index contributed by atoms with van der Waals surface area (Å²) in [5.41, 5.74) is 6.73. The topological polar surface area (TPSA) is 28.1 Å². The maximum absolute atomic E-state index is 5.66. The second-order valence-electron chi connectivity index (χ2n) is 7.82. The molecule has 3 rings (SSSR count). The van der Waals surface area contributed by atoms with Gasteiger partial charge in [-0.3, -0.25) is 4.99 Å². The molecule has 142 valence electrons. The molecule has 0 fully saturated rings. The van der Waals surface area contributed by atoms with Gasteiger partial charge < -0.3 is 14.5 Å². The highest BCUT2D eigenvalue weighted by Gasteiger charge is 2.29. The van der Waals surface area contributed by atoms with Gasteiger partial charge in [0.15, 0.2) is 0 Å². The molecular weight excluding hydrogens is 334 g/mol. The predicted molar refractivity (Wildman–Crippen MR) is 117 cm³/mol. The summed E-state index contributed by atoms with van der Waals surface area (Å²) in [6.45, 7) is 6.61. The van der Waals surface area contributed by atoms with Gasteiger partial charge in [0.1, 0.15) is 5.75 Å². The first-order chi connectivity index (χ1) is 12.7. The van der Waals surface area contributed by atoms with E-state index in [1.54, 1.807) is 7.11 Å². The fourth-order valence-electron chi connectivity index (χ4n) is 3.45. The van der Waals surface area contributed by atoms with Crippen molar-refractivity contribution in [2.75, 3.05) is 38.1 Å². The number of ether oxygens (including phenoxy) is 1. The summed E-state index contributed by atoms with van der Waals surface area (Å²) in [4.78, 5) is 9.02. The minimum Gasteiger partial charge on any atom is -0.496 e. The van der Waals surface area contributed by atoms with Crippen LogP contribution in [0.25, 0.3) is 5.57 Å². The number of methoxy groups -OCH3 is 1. The summed E-state index contributed by atoms with van der Waals surface area (Å²) >= 11 is 0. The Kier molecular flexibility index (Phi) is 5.01. The number of nitrogens with zero attached hydrogens (tertiary/aromatic N) is 3. The van der Waals surface area contributed by atoms with E-state index < -0.39 is 0 Å². The van der Waals surface area contributed by atoms with Crippen LogP contribution in [0.5, 0.6) is 5.75 Å². The van der Waals surface area contributed by atoms with Crippen LogP contribution in [0, 0.1) is 0 Å². The van der Waals surface area contributed by atoms with Crippen LogP contribution in [0.4, 0.5) is 17.1 Å². The third-order valence-electron chi connectivity index (χ3n) is 5.29. The van der Waals surface area contributed by atoms with Crippen LogP contribution in [0.3, 0.4) is 0 Å². The van der Waals surface area contributed by atoms with E-state index in [0.717, 1.165) is 22.7 Å². The summed E-state index contributed by atoms with van der Waals surface area (Å²) in [6.07, 6.45) is 4.19. The highest BCUT2D eigenvalue weighted by atomic mass is 16.5. The Bertz CT molecular complexity index is 893. The van der Waals surface area contributed by atoms with E-state index in [4.69, 9.17) is 4.74 Å². The molecule has 0 aromatic heterocycles. The van der Waals surface area contributed by atoms with E-state index in [9.17, 15) is 0 Å². The lowest BCUT2D eigenvalue weighted by Gasteiger charge is -2.40. The maximum Gasteiger partial charge on any atom is 0.129 e. The van der Waals surface area contributed by atoms with E-state index in [2.05, 4.69) is 73.0 Å². The Morgan fingerprint density at radius 1 is 1.11 bits per heavy atom. The standard InChI is InChI=1S/C23H29N3O/c1-16-14-23(2,3)26(6)21-13-22(27-7)17(12-20(16)21)15-24-18-8-10-19(11-9-18)25(4)5/h8-15H,1-7H3. The number of rotatable bonds is 4. The molecule has 2 aromatic carbocycles. The average Bonchev–Trinajstić information content (AvgIpc) is 2.64. The summed E-state index contributed by atoms with van der Waals surface area (Å²) in [5, 5.41) is 0. The van der Waals surface area contributed by atoms with Gasteiger partial charge in [-0.15, -0.1) is 0 Å². The van der Waals surface area contributed by atoms with Crippen LogP contribution in [0.2, 0.25) is 0 Å².